The van der Waals surface area contributed by atoms with Gasteiger partial charge in [-0.1, -0.05) is 66.9 Å². The van der Waals surface area contributed by atoms with Crippen molar-refractivity contribution in [2.75, 3.05) is 6.54 Å². The van der Waals surface area contributed by atoms with E-state index in [9.17, 15) is 9.59 Å². The van der Waals surface area contributed by atoms with Crippen LogP contribution in [0.1, 0.15) is 43.0 Å². The van der Waals surface area contributed by atoms with Gasteiger partial charge in [0.2, 0.25) is 11.8 Å². The molecule has 156 valence electrons. The molecule has 0 bridgehead atoms. The van der Waals surface area contributed by atoms with E-state index in [1.54, 1.807) is 17.9 Å². The van der Waals surface area contributed by atoms with Gasteiger partial charge in [-0.05, 0) is 49.9 Å². The summed E-state index contributed by atoms with van der Waals surface area (Å²) in [6, 6.07) is 12.9. The van der Waals surface area contributed by atoms with Crippen molar-refractivity contribution in [2.24, 2.45) is 5.92 Å². The molecule has 5 heteroatoms. The summed E-state index contributed by atoms with van der Waals surface area (Å²) in [4.78, 5) is 27.5. The average molecular weight is 415 g/mol. The van der Waals surface area contributed by atoms with Crippen LogP contribution >= 0.6 is 11.6 Å². The zero-order valence-electron chi connectivity index (χ0n) is 18.0. The van der Waals surface area contributed by atoms with E-state index in [1.165, 1.54) is 0 Å². The number of amides is 2. The molecule has 0 spiro atoms. The van der Waals surface area contributed by atoms with E-state index in [-0.39, 0.29) is 18.2 Å². The maximum Gasteiger partial charge on any atom is 0.242 e. The summed E-state index contributed by atoms with van der Waals surface area (Å²) in [6.07, 6.45) is 0.255. The summed E-state index contributed by atoms with van der Waals surface area (Å²) < 4.78 is 0. The smallest absolute Gasteiger partial charge is 0.242 e. The van der Waals surface area contributed by atoms with Crippen LogP contribution in [-0.2, 0) is 22.6 Å². The van der Waals surface area contributed by atoms with Crippen LogP contribution in [0, 0.1) is 19.8 Å². The van der Waals surface area contributed by atoms with Crippen molar-refractivity contribution in [3.05, 3.63) is 69.7 Å². The third kappa shape index (κ3) is 7.21. The molecule has 0 saturated heterocycles. The molecule has 2 amide bonds. The Morgan fingerprint density at radius 1 is 1.00 bits per heavy atom. The van der Waals surface area contributed by atoms with Crippen LogP contribution < -0.4 is 5.32 Å². The van der Waals surface area contributed by atoms with E-state index in [4.69, 9.17) is 11.6 Å². The van der Waals surface area contributed by atoms with E-state index < -0.39 is 6.04 Å². The van der Waals surface area contributed by atoms with Gasteiger partial charge in [0.05, 0.1) is 6.42 Å². The number of rotatable bonds is 8. The van der Waals surface area contributed by atoms with Gasteiger partial charge >= 0.3 is 0 Å². The molecule has 2 aromatic rings. The van der Waals surface area contributed by atoms with Crippen LogP contribution in [0.2, 0.25) is 5.02 Å². The Hall–Kier alpha value is -2.33. The van der Waals surface area contributed by atoms with E-state index in [0.29, 0.717) is 24.0 Å². The fourth-order valence-corrected chi connectivity index (χ4v) is 3.53. The van der Waals surface area contributed by atoms with Crippen LogP contribution in [0.15, 0.2) is 42.5 Å². The molecule has 1 atom stereocenters. The van der Waals surface area contributed by atoms with E-state index in [1.807, 2.05) is 58.0 Å². The molecule has 2 aromatic carbocycles. The van der Waals surface area contributed by atoms with Crippen LogP contribution in [0.3, 0.4) is 0 Å². The second-order valence-corrected chi connectivity index (χ2v) is 8.58. The topological polar surface area (TPSA) is 49.4 Å². The molecule has 2 rings (SSSR count). The third-order valence-electron chi connectivity index (χ3n) is 4.73. The molecule has 0 fully saturated rings. The molecule has 1 N–H and O–H groups in total. The molecular weight excluding hydrogens is 384 g/mol. The lowest BCUT2D eigenvalue weighted by Gasteiger charge is -2.29. The lowest BCUT2D eigenvalue weighted by Crippen LogP contribution is -2.48. The van der Waals surface area contributed by atoms with Crippen molar-refractivity contribution in [3.63, 3.8) is 0 Å². The highest BCUT2D eigenvalue weighted by atomic mass is 35.5. The molecule has 0 saturated carbocycles. The molecule has 0 aromatic heterocycles. The van der Waals surface area contributed by atoms with Crippen LogP contribution in [-0.4, -0.2) is 29.3 Å². The summed E-state index contributed by atoms with van der Waals surface area (Å²) in [5.74, 6) is 0.121. The van der Waals surface area contributed by atoms with E-state index in [0.717, 1.165) is 22.3 Å². The number of carbonyl (C=O) groups is 2. The molecule has 0 radical (unpaired) electrons. The molecule has 4 nitrogen and oxygen atoms in total. The van der Waals surface area contributed by atoms with Crippen molar-refractivity contribution in [3.8, 4) is 0 Å². The maximum absolute atomic E-state index is 13.2. The third-order valence-corrected chi connectivity index (χ3v) is 4.97. The Labute approximate surface area is 179 Å². The summed E-state index contributed by atoms with van der Waals surface area (Å²) in [6.45, 7) is 10.8. The molecule has 0 aliphatic rings. The monoisotopic (exact) mass is 414 g/mol. The van der Waals surface area contributed by atoms with Gasteiger partial charge in [0, 0.05) is 18.1 Å². The predicted molar refractivity (Wildman–Crippen MR) is 119 cm³/mol. The van der Waals surface area contributed by atoms with E-state index >= 15 is 0 Å². The second kappa shape index (κ2) is 10.4. The van der Waals surface area contributed by atoms with Crippen LogP contribution in [0.4, 0.5) is 0 Å². The fourth-order valence-electron chi connectivity index (χ4n) is 3.31. The minimum atomic E-state index is -0.578. The van der Waals surface area contributed by atoms with Gasteiger partial charge in [-0.3, -0.25) is 9.59 Å². The van der Waals surface area contributed by atoms with Gasteiger partial charge < -0.3 is 10.2 Å². The van der Waals surface area contributed by atoms with Crippen LogP contribution in [0.25, 0.3) is 0 Å². The second-order valence-electron chi connectivity index (χ2n) is 8.14. The lowest BCUT2D eigenvalue weighted by molar-refractivity contribution is -0.140. The summed E-state index contributed by atoms with van der Waals surface area (Å²) in [5, 5.41) is 3.55. The number of hydrogen-bond donors (Lipinski definition) is 1. The molecule has 0 unspecified atom stereocenters. The first-order chi connectivity index (χ1) is 13.7. The zero-order valence-corrected chi connectivity index (χ0v) is 18.7. The highest BCUT2D eigenvalue weighted by Crippen LogP contribution is 2.17. The number of halogens is 1. The number of nitrogens with zero attached hydrogens (tertiary/aromatic N) is 1. The first kappa shape index (κ1) is 23.0. The Morgan fingerprint density at radius 3 is 2.24 bits per heavy atom. The maximum atomic E-state index is 13.2. The van der Waals surface area contributed by atoms with Gasteiger partial charge in [0.1, 0.15) is 6.04 Å². The van der Waals surface area contributed by atoms with Gasteiger partial charge in [-0.2, -0.15) is 0 Å². The van der Waals surface area contributed by atoms with Crippen molar-refractivity contribution >= 4 is 23.4 Å². The summed E-state index contributed by atoms with van der Waals surface area (Å²) in [7, 11) is 0. The average Bonchev–Trinajstić information content (AvgIpc) is 2.62. The number of hydrogen-bond acceptors (Lipinski definition) is 2. The Morgan fingerprint density at radius 2 is 1.66 bits per heavy atom. The number of aryl methyl sites for hydroxylation is 2. The Kier molecular flexibility index (Phi) is 8.27. The summed E-state index contributed by atoms with van der Waals surface area (Å²) >= 11 is 6.12. The van der Waals surface area contributed by atoms with Crippen molar-refractivity contribution in [1.29, 1.82) is 0 Å². The minimum absolute atomic E-state index is 0.0813. The Bertz CT molecular complexity index is 843. The molecular formula is C24H31ClN2O2. The van der Waals surface area contributed by atoms with Crippen LogP contribution in [0.5, 0.6) is 0 Å². The Balaban J connectivity index is 2.24. The molecule has 0 aliphatic carbocycles. The number of nitrogens with one attached hydrogen (secondary N) is 1. The standard InChI is InChI=1S/C24H31ClN2O2/c1-16(2)14-26-24(29)19(5)27(15-20-7-6-8-22(25)12-20)23(28)13-21-10-17(3)9-18(4)11-21/h6-12,16,19H,13-15H2,1-5H3,(H,26,29)/t19-/m1/s1. The number of carbonyl (C=O) groups excluding carboxylic acids is 2. The molecule has 0 aliphatic heterocycles. The van der Waals surface area contributed by atoms with Gasteiger partial charge in [0.25, 0.3) is 0 Å². The highest BCUT2D eigenvalue weighted by molar-refractivity contribution is 6.30. The van der Waals surface area contributed by atoms with Crippen molar-refractivity contribution in [2.45, 2.75) is 53.6 Å². The normalized spacial score (nSPS) is 12.0. The van der Waals surface area contributed by atoms with Gasteiger partial charge in [0.15, 0.2) is 0 Å². The lowest BCUT2D eigenvalue weighted by atomic mass is 10.0. The predicted octanol–water partition coefficient (Wildman–Crippen LogP) is 4.69. The molecule has 0 heterocycles. The van der Waals surface area contributed by atoms with Crippen molar-refractivity contribution in [1.82, 2.24) is 10.2 Å². The zero-order chi connectivity index (χ0) is 21.6. The number of benzene rings is 2. The fraction of sp³-hybridized carbons (Fsp3) is 0.417. The first-order valence-corrected chi connectivity index (χ1v) is 10.4. The van der Waals surface area contributed by atoms with E-state index in [2.05, 4.69) is 11.4 Å². The first-order valence-electron chi connectivity index (χ1n) is 10.0. The quantitative estimate of drug-likeness (QED) is 0.681. The summed E-state index contributed by atoms with van der Waals surface area (Å²) in [5.41, 5.74) is 4.10. The van der Waals surface area contributed by atoms with Gasteiger partial charge in [-0.25, -0.2) is 0 Å². The van der Waals surface area contributed by atoms with Crippen molar-refractivity contribution < 1.29 is 9.59 Å². The highest BCUT2D eigenvalue weighted by Gasteiger charge is 2.26. The minimum Gasteiger partial charge on any atom is -0.354 e. The molecule has 29 heavy (non-hydrogen) atoms. The largest absolute Gasteiger partial charge is 0.354 e. The van der Waals surface area contributed by atoms with Gasteiger partial charge in [-0.15, -0.1) is 0 Å². The SMILES string of the molecule is Cc1cc(C)cc(CC(=O)N(Cc2cccc(Cl)c2)[C@H](C)C(=O)NCC(C)C)c1.